The Hall–Kier alpha value is -8.44. The number of piperazine rings is 2. The van der Waals surface area contributed by atoms with Crippen molar-refractivity contribution in [1.82, 2.24) is 39.6 Å². The molecular formula is C76H74Cl4F2N12O4S2. The summed E-state index contributed by atoms with van der Waals surface area (Å²) in [4.78, 5) is 15.5. The second-order valence-electron chi connectivity index (χ2n) is 25.3. The lowest BCUT2D eigenvalue weighted by molar-refractivity contribution is 0.168. The molecule has 8 aromatic carbocycles. The van der Waals surface area contributed by atoms with Gasteiger partial charge in [0.1, 0.15) is 11.6 Å². The van der Waals surface area contributed by atoms with E-state index in [0.717, 1.165) is 144 Å². The van der Waals surface area contributed by atoms with Crippen LogP contribution < -0.4 is 0 Å². The third-order valence-electron chi connectivity index (χ3n) is 18.7. The maximum absolute atomic E-state index is 13.8. The van der Waals surface area contributed by atoms with Crippen LogP contribution in [0.3, 0.4) is 0 Å². The number of fused-ring (bicyclic) bond motifs is 2. The summed E-state index contributed by atoms with van der Waals surface area (Å²) in [6.07, 6.45) is 9.63. The summed E-state index contributed by atoms with van der Waals surface area (Å²) in [5.41, 5.74) is 9.77. The molecule has 1 unspecified atom stereocenters. The average molecular weight is 1460 g/mol. The molecule has 516 valence electrons. The summed E-state index contributed by atoms with van der Waals surface area (Å²) >= 11 is 24.6. The van der Waals surface area contributed by atoms with Gasteiger partial charge in [-0.3, -0.25) is 9.80 Å². The van der Waals surface area contributed by atoms with E-state index in [2.05, 4.69) is 52.8 Å². The smallest absolute Gasteiger partial charge is 0.285 e. The standard InChI is InChI=1S/2C38H37Cl2FN6O2S/c2*39-30-11-9-28(10-12-30)37-35(27-6-2-1-3-7-27)26-47(43-37)38(44-50(48,49)33-16-13-31(40)14-17-33)46-22-20-45(21-23-46)19-5-4-8-29-25-42-36-18-15-32(41)24-34(29)36/h2*1-3,6-7,9-18,24-25,35,42H,4-5,8,19-23,26H2/t35-;/m1./s1. The maximum atomic E-state index is 13.8. The van der Waals surface area contributed by atoms with Crippen molar-refractivity contribution in [3.05, 3.63) is 272 Å². The largest absolute Gasteiger partial charge is 0.361 e. The number of aromatic nitrogens is 2. The van der Waals surface area contributed by atoms with E-state index in [1.807, 2.05) is 107 Å². The summed E-state index contributed by atoms with van der Waals surface area (Å²) in [5.74, 6) is -0.0772. The number of halogens is 6. The van der Waals surface area contributed by atoms with Crippen LogP contribution in [0.2, 0.25) is 20.1 Å². The van der Waals surface area contributed by atoms with E-state index in [1.165, 1.54) is 36.4 Å². The van der Waals surface area contributed by atoms with Gasteiger partial charge in [0.25, 0.3) is 20.0 Å². The van der Waals surface area contributed by atoms with Gasteiger partial charge in [-0.2, -0.15) is 27.0 Å². The highest BCUT2D eigenvalue weighted by Gasteiger charge is 2.38. The number of H-pyrrole nitrogens is 2. The van der Waals surface area contributed by atoms with Crippen LogP contribution in [0.15, 0.2) is 235 Å². The van der Waals surface area contributed by atoms with Crippen molar-refractivity contribution < 1.29 is 25.6 Å². The summed E-state index contributed by atoms with van der Waals surface area (Å²) in [7, 11) is -8.17. The van der Waals surface area contributed by atoms with Crippen molar-refractivity contribution in [2.75, 3.05) is 78.5 Å². The number of unbranched alkanes of at least 4 members (excludes halogenated alkanes) is 2. The molecule has 24 heteroatoms. The molecule has 2 N–H and O–H groups in total. The molecule has 14 rings (SSSR count). The van der Waals surface area contributed by atoms with Gasteiger partial charge in [0, 0.05) is 118 Å². The van der Waals surface area contributed by atoms with Crippen LogP contribution in [0.5, 0.6) is 0 Å². The SMILES string of the molecule is O=S(=O)(N=C(N1CCN(CCCCc2c[nH]c3ccc(F)cc23)CC1)N1CC(c2ccccc2)C(c2ccc(Cl)cc2)=N1)c1ccc(Cl)cc1.O=S(=O)(N=C(N1CCN(CCCCc2c[nH]c3ccc(F)cc23)CC1)N1C[C@H](c2ccccc2)C(c2ccc(Cl)cc2)=N1)c1ccc(Cl)cc1. The maximum Gasteiger partial charge on any atom is 0.285 e. The van der Waals surface area contributed by atoms with Gasteiger partial charge in [-0.1, -0.05) is 131 Å². The Bertz CT molecular complexity index is 4540. The van der Waals surface area contributed by atoms with E-state index >= 15 is 0 Å². The lowest BCUT2D eigenvalue weighted by atomic mass is 9.91. The monoisotopic (exact) mass is 1460 g/mol. The number of nitrogens with one attached hydrogen (secondary N) is 2. The highest BCUT2D eigenvalue weighted by molar-refractivity contribution is 7.90. The first-order valence-electron chi connectivity index (χ1n) is 33.5. The molecule has 2 fully saturated rings. The van der Waals surface area contributed by atoms with Crippen LogP contribution in [0.4, 0.5) is 8.78 Å². The predicted octanol–water partition coefficient (Wildman–Crippen LogP) is 15.6. The molecule has 6 heterocycles. The minimum atomic E-state index is -4.08. The number of guanidine groups is 2. The first-order valence-corrected chi connectivity index (χ1v) is 37.9. The van der Waals surface area contributed by atoms with Crippen LogP contribution in [-0.4, -0.2) is 158 Å². The third kappa shape index (κ3) is 17.0. The number of benzene rings is 8. The fourth-order valence-corrected chi connectivity index (χ4v) is 15.9. The van der Waals surface area contributed by atoms with Gasteiger partial charge < -0.3 is 19.8 Å². The quantitative estimate of drug-likeness (QED) is 0.0479. The van der Waals surface area contributed by atoms with Crippen molar-refractivity contribution in [1.29, 1.82) is 0 Å². The minimum Gasteiger partial charge on any atom is -0.361 e. The van der Waals surface area contributed by atoms with Crippen LogP contribution >= 0.6 is 46.4 Å². The van der Waals surface area contributed by atoms with Gasteiger partial charge in [-0.15, -0.1) is 8.80 Å². The van der Waals surface area contributed by atoms with Crippen LogP contribution in [-0.2, 0) is 32.9 Å². The number of hydrogen-bond acceptors (Lipinski definition) is 8. The van der Waals surface area contributed by atoms with Crippen molar-refractivity contribution in [3.8, 4) is 0 Å². The molecule has 16 nitrogen and oxygen atoms in total. The first kappa shape index (κ1) is 70.0. The molecule has 2 aromatic heterocycles. The highest BCUT2D eigenvalue weighted by atomic mass is 35.5. The van der Waals surface area contributed by atoms with Crippen molar-refractivity contribution in [3.63, 3.8) is 0 Å². The molecule has 0 amide bonds. The van der Waals surface area contributed by atoms with E-state index in [0.29, 0.717) is 71.3 Å². The third-order valence-corrected chi connectivity index (χ3v) is 22.3. The lowest BCUT2D eigenvalue weighted by Crippen LogP contribution is -2.52. The Kier molecular flexibility index (Phi) is 22.1. The second kappa shape index (κ2) is 31.6. The molecule has 4 aliphatic rings. The lowest BCUT2D eigenvalue weighted by Gasteiger charge is -2.38. The van der Waals surface area contributed by atoms with Crippen LogP contribution in [0, 0.1) is 11.6 Å². The van der Waals surface area contributed by atoms with Crippen LogP contribution in [0.1, 0.15) is 70.9 Å². The summed E-state index contributed by atoms with van der Waals surface area (Å²) < 4.78 is 91.6. The predicted molar refractivity (Wildman–Crippen MR) is 398 cm³/mol. The minimum absolute atomic E-state index is 0.0664. The van der Waals surface area contributed by atoms with Gasteiger partial charge in [-0.05, 0) is 194 Å². The average Bonchev–Trinajstić information content (AvgIpc) is 1.62. The molecule has 10 aromatic rings. The number of nitrogens with zero attached hydrogens (tertiary/aromatic N) is 10. The Morgan fingerprint density at radius 2 is 0.790 bits per heavy atom. The van der Waals surface area contributed by atoms with Gasteiger partial charge in [0.2, 0.25) is 11.9 Å². The zero-order valence-electron chi connectivity index (χ0n) is 54.7. The zero-order valence-corrected chi connectivity index (χ0v) is 59.4. The summed E-state index contributed by atoms with van der Waals surface area (Å²) in [6.45, 7) is 8.06. The zero-order chi connectivity index (χ0) is 69.3. The summed E-state index contributed by atoms with van der Waals surface area (Å²) in [5, 5.41) is 17.6. The Balaban J connectivity index is 0.000000179. The number of hydrazone groups is 2. The number of sulfonamides is 2. The van der Waals surface area contributed by atoms with Crippen molar-refractivity contribution in [2.45, 2.75) is 60.2 Å². The van der Waals surface area contributed by atoms with Gasteiger partial charge in [-0.25, -0.2) is 18.8 Å². The van der Waals surface area contributed by atoms with Crippen LogP contribution in [0.25, 0.3) is 21.8 Å². The fourth-order valence-electron chi connectivity index (χ4n) is 13.3. The van der Waals surface area contributed by atoms with Gasteiger partial charge in [0.05, 0.1) is 34.3 Å². The summed E-state index contributed by atoms with van der Waals surface area (Å²) in [6, 6.07) is 57.1. The number of hydrogen-bond donors (Lipinski definition) is 2. The van der Waals surface area contributed by atoms with E-state index < -0.39 is 20.0 Å². The normalized spacial score (nSPS) is 17.5. The Morgan fingerprint density at radius 1 is 0.440 bits per heavy atom. The molecule has 0 spiro atoms. The van der Waals surface area contributed by atoms with E-state index in [1.54, 1.807) is 58.5 Å². The topological polar surface area (TPSA) is 169 Å². The van der Waals surface area contributed by atoms with Crippen molar-refractivity contribution >= 4 is 112 Å². The van der Waals surface area contributed by atoms with Crippen molar-refractivity contribution in [2.24, 2.45) is 19.0 Å². The Labute approximate surface area is 602 Å². The highest BCUT2D eigenvalue weighted by Crippen LogP contribution is 2.34. The second-order valence-corrected chi connectivity index (χ2v) is 30.2. The van der Waals surface area contributed by atoms with Gasteiger partial charge in [0.15, 0.2) is 0 Å². The van der Waals surface area contributed by atoms with E-state index in [9.17, 15) is 25.6 Å². The Morgan fingerprint density at radius 3 is 1.15 bits per heavy atom. The fraction of sp³-hybridized carbons (Fsp3) is 0.263. The number of aromatic amines is 2. The van der Waals surface area contributed by atoms with E-state index in [4.69, 9.17) is 56.6 Å². The molecule has 2 atom stereocenters. The molecule has 2 saturated heterocycles. The van der Waals surface area contributed by atoms with Gasteiger partial charge >= 0.3 is 0 Å². The first-order chi connectivity index (χ1) is 48.5. The number of aryl methyl sites for hydroxylation is 2. The van der Waals surface area contributed by atoms with E-state index in [-0.39, 0.29) is 33.3 Å². The number of rotatable bonds is 18. The molecule has 100 heavy (non-hydrogen) atoms. The molecule has 0 aliphatic carbocycles. The molecule has 0 saturated carbocycles. The molecular weight excluding hydrogens is 1390 g/mol. The molecule has 4 aliphatic heterocycles. The molecule has 0 radical (unpaired) electrons. The molecule has 0 bridgehead atoms.